The molecule has 0 radical (unpaired) electrons. The molecule has 0 aliphatic rings. The fourth-order valence-electron chi connectivity index (χ4n) is 2.73. The second kappa shape index (κ2) is 8.88. The van der Waals surface area contributed by atoms with Crippen molar-refractivity contribution >= 4 is 22.9 Å². The van der Waals surface area contributed by atoms with E-state index in [4.69, 9.17) is 0 Å². The summed E-state index contributed by atoms with van der Waals surface area (Å²) in [5.74, 6) is -0.282. The number of amides is 1. The smallest absolute Gasteiger partial charge is 0.231 e. The third-order valence-electron chi connectivity index (χ3n) is 4.08. The first kappa shape index (κ1) is 19.2. The van der Waals surface area contributed by atoms with Gasteiger partial charge in [0.1, 0.15) is 10.8 Å². The summed E-state index contributed by atoms with van der Waals surface area (Å²) in [5.41, 5.74) is 3.48. The van der Waals surface area contributed by atoms with Gasteiger partial charge < -0.3 is 5.32 Å². The van der Waals surface area contributed by atoms with Crippen LogP contribution >= 0.6 is 11.3 Å². The fourth-order valence-corrected chi connectivity index (χ4v) is 3.52. The van der Waals surface area contributed by atoms with Gasteiger partial charge in [-0.2, -0.15) is 0 Å². The van der Waals surface area contributed by atoms with Gasteiger partial charge in [-0.05, 0) is 32.2 Å². The van der Waals surface area contributed by atoms with Crippen LogP contribution in [0.1, 0.15) is 21.8 Å². The highest BCUT2D eigenvalue weighted by molar-refractivity contribution is 7.09. The molecule has 0 fully saturated rings. The highest BCUT2D eigenvalue weighted by Crippen LogP contribution is 2.16. The minimum Gasteiger partial charge on any atom is -0.326 e. The number of hydrogen-bond donors (Lipinski definition) is 1. The number of aryl methyl sites for hydroxylation is 1. The van der Waals surface area contributed by atoms with Crippen molar-refractivity contribution in [3.05, 3.63) is 81.6 Å². The number of rotatable bonds is 7. The molecule has 1 aromatic heterocycles. The number of benzene rings is 2. The van der Waals surface area contributed by atoms with Crippen LogP contribution < -0.4 is 5.32 Å². The standard InChI is InChI=1S/C21H22FN3OS/c1-15-7-9-17(10-8-15)23-20(26)11-21-24-18(14-27-21)13-25(2)12-16-5-3-4-6-19(16)22/h3-10,14H,11-13H2,1-2H3,(H,23,26). The zero-order chi connectivity index (χ0) is 19.2. The normalized spacial score (nSPS) is 11.0. The monoisotopic (exact) mass is 383 g/mol. The molecule has 2 aromatic carbocycles. The second-order valence-electron chi connectivity index (χ2n) is 6.59. The lowest BCUT2D eigenvalue weighted by molar-refractivity contribution is -0.115. The maximum absolute atomic E-state index is 13.8. The number of carbonyl (C=O) groups excluding carboxylic acids is 1. The molecule has 1 amide bonds. The van der Waals surface area contributed by atoms with Gasteiger partial charge in [0, 0.05) is 29.7 Å². The van der Waals surface area contributed by atoms with Crippen LogP contribution in [0.15, 0.2) is 53.9 Å². The number of carbonyl (C=O) groups is 1. The summed E-state index contributed by atoms with van der Waals surface area (Å²) in [5, 5.41) is 5.61. The Labute approximate surface area is 162 Å². The number of hydrogen-bond acceptors (Lipinski definition) is 4. The van der Waals surface area contributed by atoms with Crippen molar-refractivity contribution in [3.63, 3.8) is 0 Å². The van der Waals surface area contributed by atoms with E-state index in [0.717, 1.165) is 22.0 Å². The van der Waals surface area contributed by atoms with E-state index in [1.54, 1.807) is 12.1 Å². The Hall–Kier alpha value is -2.57. The second-order valence-corrected chi connectivity index (χ2v) is 7.53. The highest BCUT2D eigenvalue weighted by atomic mass is 32.1. The van der Waals surface area contributed by atoms with Crippen LogP contribution in [-0.2, 0) is 24.3 Å². The summed E-state index contributed by atoms with van der Waals surface area (Å²) >= 11 is 1.47. The predicted octanol–water partition coefficient (Wildman–Crippen LogP) is 4.40. The summed E-state index contributed by atoms with van der Waals surface area (Å²) in [4.78, 5) is 18.7. The maximum atomic E-state index is 13.8. The molecular weight excluding hydrogens is 361 g/mol. The average Bonchev–Trinajstić information content (AvgIpc) is 3.05. The lowest BCUT2D eigenvalue weighted by atomic mass is 10.2. The molecule has 3 rings (SSSR count). The molecule has 1 N–H and O–H groups in total. The molecule has 3 aromatic rings. The van der Waals surface area contributed by atoms with Gasteiger partial charge in [-0.15, -0.1) is 11.3 Å². The molecule has 0 saturated heterocycles. The number of aromatic nitrogens is 1. The Balaban J connectivity index is 1.52. The Bertz CT molecular complexity index is 908. The fraction of sp³-hybridized carbons (Fsp3) is 0.238. The van der Waals surface area contributed by atoms with Crippen LogP contribution in [0.2, 0.25) is 0 Å². The van der Waals surface area contributed by atoms with Crippen LogP contribution in [0.5, 0.6) is 0 Å². The van der Waals surface area contributed by atoms with Crippen LogP contribution in [0.3, 0.4) is 0 Å². The molecule has 140 valence electrons. The Morgan fingerprint density at radius 1 is 1.15 bits per heavy atom. The van der Waals surface area contributed by atoms with Crippen molar-refractivity contribution in [1.82, 2.24) is 9.88 Å². The molecule has 1 heterocycles. The van der Waals surface area contributed by atoms with Gasteiger partial charge in [-0.3, -0.25) is 9.69 Å². The number of anilines is 1. The van der Waals surface area contributed by atoms with Gasteiger partial charge in [0.05, 0.1) is 12.1 Å². The van der Waals surface area contributed by atoms with Crippen molar-refractivity contribution in [2.75, 3.05) is 12.4 Å². The summed E-state index contributed by atoms with van der Waals surface area (Å²) in [6.45, 7) is 3.11. The summed E-state index contributed by atoms with van der Waals surface area (Å²) in [7, 11) is 1.93. The Morgan fingerprint density at radius 3 is 2.63 bits per heavy atom. The maximum Gasteiger partial charge on any atom is 0.231 e. The van der Waals surface area contributed by atoms with Crippen LogP contribution in [0, 0.1) is 12.7 Å². The largest absolute Gasteiger partial charge is 0.326 e. The first-order chi connectivity index (χ1) is 13.0. The van der Waals surface area contributed by atoms with Gasteiger partial charge in [-0.25, -0.2) is 9.37 Å². The molecule has 0 aliphatic heterocycles. The van der Waals surface area contributed by atoms with Gasteiger partial charge in [0.15, 0.2) is 0 Å². The van der Waals surface area contributed by atoms with Crippen molar-refractivity contribution in [3.8, 4) is 0 Å². The SMILES string of the molecule is Cc1ccc(NC(=O)Cc2nc(CN(C)Cc3ccccc3F)cs2)cc1. The molecule has 0 bridgehead atoms. The van der Waals surface area contributed by atoms with Crippen LogP contribution in [0.25, 0.3) is 0 Å². The number of halogens is 1. The quantitative estimate of drug-likeness (QED) is 0.658. The highest BCUT2D eigenvalue weighted by Gasteiger charge is 2.11. The van der Waals surface area contributed by atoms with Gasteiger partial charge in [0.2, 0.25) is 5.91 Å². The van der Waals surface area contributed by atoms with E-state index in [-0.39, 0.29) is 18.1 Å². The summed E-state index contributed by atoms with van der Waals surface area (Å²) in [6, 6.07) is 14.5. The van der Waals surface area contributed by atoms with Crippen molar-refractivity contribution in [2.45, 2.75) is 26.4 Å². The molecule has 0 unspecified atom stereocenters. The third-order valence-corrected chi connectivity index (χ3v) is 4.97. The average molecular weight is 383 g/mol. The minimum atomic E-state index is -0.198. The van der Waals surface area contributed by atoms with E-state index in [2.05, 4.69) is 10.3 Å². The van der Waals surface area contributed by atoms with E-state index in [9.17, 15) is 9.18 Å². The van der Waals surface area contributed by atoms with Gasteiger partial charge in [0.25, 0.3) is 0 Å². The van der Waals surface area contributed by atoms with E-state index < -0.39 is 0 Å². The number of nitrogens with one attached hydrogen (secondary N) is 1. The summed E-state index contributed by atoms with van der Waals surface area (Å²) in [6.07, 6.45) is 0.246. The molecule has 0 saturated carbocycles. The van der Waals surface area contributed by atoms with E-state index in [1.165, 1.54) is 17.4 Å². The van der Waals surface area contributed by atoms with Crippen molar-refractivity contribution < 1.29 is 9.18 Å². The van der Waals surface area contributed by atoms with Gasteiger partial charge in [-0.1, -0.05) is 35.9 Å². The molecule has 0 spiro atoms. The topological polar surface area (TPSA) is 45.2 Å². The van der Waals surface area contributed by atoms with Crippen molar-refractivity contribution in [1.29, 1.82) is 0 Å². The zero-order valence-corrected chi connectivity index (χ0v) is 16.2. The lowest BCUT2D eigenvalue weighted by Gasteiger charge is -2.15. The molecular formula is C21H22FN3OS. The summed E-state index contributed by atoms with van der Waals surface area (Å²) < 4.78 is 13.8. The molecule has 6 heteroatoms. The predicted molar refractivity (Wildman–Crippen MR) is 107 cm³/mol. The van der Waals surface area contributed by atoms with Crippen LogP contribution in [0.4, 0.5) is 10.1 Å². The first-order valence-electron chi connectivity index (χ1n) is 8.71. The molecule has 27 heavy (non-hydrogen) atoms. The number of nitrogens with zero attached hydrogens (tertiary/aromatic N) is 2. The van der Waals surface area contributed by atoms with Crippen molar-refractivity contribution in [2.24, 2.45) is 0 Å². The van der Waals surface area contributed by atoms with Gasteiger partial charge >= 0.3 is 0 Å². The third kappa shape index (κ3) is 5.70. The van der Waals surface area contributed by atoms with E-state index in [0.29, 0.717) is 18.7 Å². The first-order valence-corrected chi connectivity index (χ1v) is 9.59. The van der Waals surface area contributed by atoms with E-state index >= 15 is 0 Å². The van der Waals surface area contributed by atoms with E-state index in [1.807, 2.05) is 54.6 Å². The lowest BCUT2D eigenvalue weighted by Crippen LogP contribution is -2.18. The zero-order valence-electron chi connectivity index (χ0n) is 15.4. The molecule has 0 atom stereocenters. The molecule has 0 aliphatic carbocycles. The Morgan fingerprint density at radius 2 is 1.89 bits per heavy atom. The minimum absolute atomic E-state index is 0.0838. The number of thiazole rings is 1. The van der Waals surface area contributed by atoms with Crippen LogP contribution in [-0.4, -0.2) is 22.8 Å². The Kier molecular flexibility index (Phi) is 6.32. The molecule has 4 nitrogen and oxygen atoms in total.